The number of carbonyl (C=O) groups excluding carboxylic acids is 1. The quantitative estimate of drug-likeness (QED) is 0.831. The number of nitrogens with zero attached hydrogens (tertiary/aromatic N) is 1. The minimum Gasteiger partial charge on any atom is -0.444 e. The summed E-state index contributed by atoms with van der Waals surface area (Å²) in [5, 5.41) is 5.61. The third-order valence-corrected chi connectivity index (χ3v) is 5.14. The molecule has 2 rings (SSSR count). The number of likely N-dealkylation sites (tertiary alicyclic amines) is 1. The summed E-state index contributed by atoms with van der Waals surface area (Å²) in [5.74, 6) is 0. The Kier molecular flexibility index (Phi) is 6.29. The van der Waals surface area contributed by atoms with Crippen LogP contribution in [0.4, 0.5) is 4.79 Å². The second-order valence-corrected chi connectivity index (χ2v) is 9.00. The summed E-state index contributed by atoms with van der Waals surface area (Å²) in [4.78, 5) is 14.2. The smallest absolute Gasteiger partial charge is 0.410 e. The first kappa shape index (κ1) is 17.8. The monoisotopic (exact) mass is 388 g/mol. The normalized spacial score (nSPS) is 19.3. The molecule has 1 atom stereocenters. The molecule has 1 N–H and O–H groups in total. The van der Waals surface area contributed by atoms with Crippen LogP contribution >= 0.6 is 27.3 Å². The van der Waals surface area contributed by atoms with Gasteiger partial charge in [-0.2, -0.15) is 0 Å². The third kappa shape index (κ3) is 5.56. The summed E-state index contributed by atoms with van der Waals surface area (Å²) in [6.45, 7) is 8.18. The highest BCUT2D eigenvalue weighted by Crippen LogP contribution is 2.22. The lowest BCUT2D eigenvalue weighted by Gasteiger charge is -2.36. The van der Waals surface area contributed by atoms with Crippen molar-refractivity contribution in [1.29, 1.82) is 0 Å². The molecule has 0 aliphatic carbocycles. The maximum absolute atomic E-state index is 12.3. The molecular formula is C16H25BrN2O2S. The molecule has 0 radical (unpaired) electrons. The van der Waals surface area contributed by atoms with Gasteiger partial charge in [0.05, 0.1) is 3.79 Å². The Morgan fingerprint density at radius 3 is 2.91 bits per heavy atom. The van der Waals surface area contributed by atoms with Crippen molar-refractivity contribution in [3.63, 3.8) is 0 Å². The highest BCUT2D eigenvalue weighted by molar-refractivity contribution is 9.11. The summed E-state index contributed by atoms with van der Waals surface area (Å²) in [6.07, 6.45) is 3.10. The van der Waals surface area contributed by atoms with E-state index in [4.69, 9.17) is 4.74 Å². The van der Waals surface area contributed by atoms with Crippen molar-refractivity contribution < 1.29 is 9.53 Å². The maximum Gasteiger partial charge on any atom is 0.410 e. The number of hydrogen-bond acceptors (Lipinski definition) is 4. The fourth-order valence-corrected chi connectivity index (χ4v) is 3.80. The van der Waals surface area contributed by atoms with Gasteiger partial charge in [0.2, 0.25) is 0 Å². The highest BCUT2D eigenvalue weighted by atomic mass is 79.9. The van der Waals surface area contributed by atoms with Crippen LogP contribution in [0.5, 0.6) is 0 Å². The van der Waals surface area contributed by atoms with Crippen molar-refractivity contribution in [2.45, 2.75) is 58.2 Å². The molecule has 2 heterocycles. The first-order valence-corrected chi connectivity index (χ1v) is 9.46. The molecule has 6 heteroatoms. The Labute approximate surface area is 145 Å². The van der Waals surface area contributed by atoms with Gasteiger partial charge in [0, 0.05) is 25.7 Å². The molecule has 1 aliphatic heterocycles. The molecule has 1 saturated heterocycles. The van der Waals surface area contributed by atoms with Crippen LogP contribution in [-0.2, 0) is 11.3 Å². The lowest BCUT2D eigenvalue weighted by molar-refractivity contribution is 0.00994. The Bertz CT molecular complexity index is 499. The van der Waals surface area contributed by atoms with Crippen LogP contribution in [0.25, 0.3) is 0 Å². The van der Waals surface area contributed by atoms with Gasteiger partial charge in [0.1, 0.15) is 5.60 Å². The van der Waals surface area contributed by atoms with Crippen molar-refractivity contribution in [1.82, 2.24) is 10.2 Å². The molecule has 4 nitrogen and oxygen atoms in total. The first-order chi connectivity index (χ1) is 10.3. The molecule has 0 saturated carbocycles. The van der Waals surface area contributed by atoms with Crippen LogP contribution < -0.4 is 5.32 Å². The van der Waals surface area contributed by atoms with Crippen molar-refractivity contribution in [2.75, 3.05) is 13.1 Å². The van der Waals surface area contributed by atoms with E-state index >= 15 is 0 Å². The van der Waals surface area contributed by atoms with Gasteiger partial charge in [-0.25, -0.2) is 4.79 Å². The maximum atomic E-state index is 12.3. The van der Waals surface area contributed by atoms with Crippen LogP contribution in [0, 0.1) is 0 Å². The molecule has 1 aromatic rings. The van der Waals surface area contributed by atoms with Gasteiger partial charge in [-0.3, -0.25) is 0 Å². The standard InChI is InChI=1S/C16H25BrN2O2S/c1-16(2,3)21-15(20)19-7-5-4-6-13(19)10-18-9-12-8-14(17)22-11-12/h8,11,13,18H,4-7,9-10H2,1-3H3. The van der Waals surface area contributed by atoms with E-state index in [1.165, 1.54) is 12.0 Å². The number of nitrogens with one attached hydrogen (secondary N) is 1. The molecule has 1 aromatic heterocycles. The SMILES string of the molecule is CC(C)(C)OC(=O)N1CCCCC1CNCc1csc(Br)c1. The topological polar surface area (TPSA) is 41.6 Å². The van der Waals surface area contributed by atoms with E-state index in [1.54, 1.807) is 11.3 Å². The number of amides is 1. The second kappa shape index (κ2) is 7.79. The zero-order chi connectivity index (χ0) is 16.2. The Hall–Kier alpha value is -0.590. The Morgan fingerprint density at radius 2 is 2.27 bits per heavy atom. The molecule has 1 fully saturated rings. The second-order valence-electron chi connectivity index (χ2n) is 6.71. The van der Waals surface area contributed by atoms with Crippen LogP contribution in [0.1, 0.15) is 45.6 Å². The number of halogens is 1. The summed E-state index contributed by atoms with van der Waals surface area (Å²) in [7, 11) is 0. The van der Waals surface area contributed by atoms with Crippen molar-refractivity contribution in [3.05, 3.63) is 20.8 Å². The molecule has 0 bridgehead atoms. The fraction of sp³-hybridized carbons (Fsp3) is 0.688. The number of thiophene rings is 1. The van der Waals surface area contributed by atoms with E-state index in [2.05, 4.69) is 32.7 Å². The van der Waals surface area contributed by atoms with Gasteiger partial charge in [0.15, 0.2) is 0 Å². The lowest BCUT2D eigenvalue weighted by atomic mass is 10.0. The van der Waals surface area contributed by atoms with E-state index in [9.17, 15) is 4.79 Å². The molecule has 22 heavy (non-hydrogen) atoms. The van der Waals surface area contributed by atoms with Gasteiger partial charge in [-0.05, 0) is 73.0 Å². The van der Waals surface area contributed by atoms with Gasteiger partial charge in [-0.1, -0.05) is 0 Å². The molecular weight excluding hydrogens is 364 g/mol. The average molecular weight is 389 g/mol. The van der Waals surface area contributed by atoms with Crippen LogP contribution in [0.3, 0.4) is 0 Å². The van der Waals surface area contributed by atoms with Gasteiger partial charge in [-0.15, -0.1) is 11.3 Å². The van der Waals surface area contributed by atoms with E-state index < -0.39 is 5.60 Å². The van der Waals surface area contributed by atoms with Gasteiger partial charge >= 0.3 is 6.09 Å². The zero-order valence-corrected chi connectivity index (χ0v) is 15.9. The molecule has 0 spiro atoms. The third-order valence-electron chi connectivity index (χ3n) is 3.59. The summed E-state index contributed by atoms with van der Waals surface area (Å²) >= 11 is 5.17. The Balaban J connectivity index is 1.85. The summed E-state index contributed by atoms with van der Waals surface area (Å²) < 4.78 is 6.68. The van der Waals surface area contributed by atoms with E-state index in [0.29, 0.717) is 0 Å². The molecule has 124 valence electrons. The van der Waals surface area contributed by atoms with Crippen LogP contribution in [0.2, 0.25) is 0 Å². The minimum atomic E-state index is -0.435. The average Bonchev–Trinajstić information content (AvgIpc) is 2.83. The molecule has 1 amide bonds. The molecule has 0 aromatic carbocycles. The number of rotatable bonds is 4. The predicted octanol–water partition coefficient (Wildman–Crippen LogP) is 4.39. The number of ether oxygens (including phenoxy) is 1. The van der Waals surface area contributed by atoms with E-state index in [1.807, 2.05) is 25.7 Å². The fourth-order valence-electron chi connectivity index (χ4n) is 2.60. The number of hydrogen-bond donors (Lipinski definition) is 1. The molecule has 1 aliphatic rings. The van der Waals surface area contributed by atoms with Gasteiger partial charge in [0.25, 0.3) is 0 Å². The predicted molar refractivity (Wildman–Crippen MR) is 94.3 cm³/mol. The number of carbonyl (C=O) groups is 1. The van der Waals surface area contributed by atoms with E-state index in [-0.39, 0.29) is 12.1 Å². The van der Waals surface area contributed by atoms with Crippen LogP contribution in [0.15, 0.2) is 15.2 Å². The van der Waals surface area contributed by atoms with Crippen molar-refractivity contribution in [2.24, 2.45) is 0 Å². The van der Waals surface area contributed by atoms with E-state index in [0.717, 1.165) is 36.3 Å². The number of piperidine rings is 1. The van der Waals surface area contributed by atoms with Gasteiger partial charge < -0.3 is 15.0 Å². The van der Waals surface area contributed by atoms with Crippen LogP contribution in [-0.4, -0.2) is 35.7 Å². The van der Waals surface area contributed by atoms with Crippen molar-refractivity contribution >= 4 is 33.4 Å². The largest absolute Gasteiger partial charge is 0.444 e. The summed E-state index contributed by atoms with van der Waals surface area (Å²) in [5.41, 5.74) is 0.839. The highest BCUT2D eigenvalue weighted by Gasteiger charge is 2.30. The minimum absolute atomic E-state index is 0.183. The first-order valence-electron chi connectivity index (χ1n) is 7.78. The zero-order valence-electron chi connectivity index (χ0n) is 13.5. The lowest BCUT2D eigenvalue weighted by Crippen LogP contribution is -2.50. The molecule has 1 unspecified atom stereocenters. The van der Waals surface area contributed by atoms with Crippen molar-refractivity contribution in [3.8, 4) is 0 Å². The Morgan fingerprint density at radius 1 is 1.50 bits per heavy atom. The summed E-state index contributed by atoms with van der Waals surface area (Å²) in [6, 6.07) is 2.36.